The normalized spacial score (nSPS) is 23.3. The first-order valence-electron chi connectivity index (χ1n) is 45.7. The standard InChI is InChI=1S/4C24H34N4O2.H2/c4*1-2-9-28-15-16(13-27-23(30)8-3-5-18(29)12-25)10-20-19-6-4-7-21-24(19)17(14-26-21)11-22(20)28;/h4*4,6-7,14,16,20,22,26H,2-3,5,8-13,15,25H2,1H3,(H,27,30);1H/t16-,20+,22?;3*16-,20+,22+;/m0000./s1. The maximum absolute atomic E-state index is 12.3. The van der Waals surface area contributed by atoms with Gasteiger partial charge in [0, 0.05) is 221 Å². The molecule has 0 saturated carbocycles. The highest BCUT2D eigenvalue weighted by Crippen LogP contribution is 2.49. The third kappa shape index (κ3) is 21.6. The van der Waals surface area contributed by atoms with Gasteiger partial charge in [-0.25, -0.2) is 0 Å². The van der Waals surface area contributed by atoms with E-state index in [1.807, 2.05) is 0 Å². The maximum atomic E-state index is 12.3. The Balaban J connectivity index is 0.000000147. The molecule has 16 N–H and O–H groups in total. The van der Waals surface area contributed by atoms with Crippen LogP contribution in [-0.2, 0) is 64.0 Å². The fraction of sp³-hybridized carbons (Fsp3) is 0.583. The van der Waals surface area contributed by atoms with Crippen molar-refractivity contribution < 1.29 is 39.8 Å². The number of piperidine rings is 4. The number of carbonyl (C=O) groups excluding carboxylic acids is 8. The predicted molar refractivity (Wildman–Crippen MR) is 480 cm³/mol. The SMILES string of the molecule is CCCN1C[C@H](CNC(=O)CCCC(=O)CN)C[C@@H]2c3cccc4[nH]cc(c34)CC21.CCCN1C[C@H](CNC(=O)CCCC(=O)CN)C[C@@H]2c3cccc4[nH]cc(c34)C[C@H]21.CCCN1C[C@H](CNC(=O)CCCC(=O)CN)C[C@@H]2c3cccc4[nH]cc(c34)C[C@H]21.CCCN1C[C@H](CNC(=O)CCCC(=O)CN)C[C@@H]2c3cccc4[nH]cc(c34)C[C@H]21.[HH]. The summed E-state index contributed by atoms with van der Waals surface area (Å²) in [6, 6.07) is 28.7. The van der Waals surface area contributed by atoms with Gasteiger partial charge in [-0.1, -0.05) is 76.2 Å². The zero-order valence-corrected chi connectivity index (χ0v) is 71.8. The van der Waals surface area contributed by atoms with Gasteiger partial charge in [0.1, 0.15) is 23.1 Å². The van der Waals surface area contributed by atoms with Crippen molar-refractivity contribution >= 4 is 90.4 Å². The largest absolute Gasteiger partial charge is 0.361 e. The molecule has 120 heavy (non-hydrogen) atoms. The zero-order valence-electron chi connectivity index (χ0n) is 71.8. The highest BCUT2D eigenvalue weighted by atomic mass is 16.2. The summed E-state index contributed by atoms with van der Waals surface area (Å²) in [5, 5.41) is 18.2. The fourth-order valence-corrected chi connectivity index (χ4v) is 21.9. The number of nitrogens with one attached hydrogen (secondary N) is 8. The molecule has 4 amide bonds. The van der Waals surface area contributed by atoms with Crippen LogP contribution in [0.4, 0.5) is 0 Å². The van der Waals surface area contributed by atoms with Crippen molar-refractivity contribution in [2.75, 3.05) is 105 Å². The Labute approximate surface area is 710 Å². The monoisotopic (exact) mass is 1640 g/mol. The fourth-order valence-electron chi connectivity index (χ4n) is 21.9. The van der Waals surface area contributed by atoms with Crippen LogP contribution in [0.25, 0.3) is 43.6 Å². The lowest BCUT2D eigenvalue weighted by molar-refractivity contribution is -0.123. The molecule has 8 aliphatic rings. The number of Topliss-reactive ketones (excluding diaryl/α,β-unsaturated/α-hetero) is 4. The first-order chi connectivity index (χ1) is 58.4. The molecule has 4 saturated heterocycles. The number of hydrogen-bond donors (Lipinski definition) is 12. The average Bonchev–Trinajstić information content (AvgIpc) is 1.70. The molecule has 24 nitrogen and oxygen atoms in total. The molecule has 4 aromatic heterocycles. The second-order valence-corrected chi connectivity index (χ2v) is 35.8. The van der Waals surface area contributed by atoms with Crippen molar-refractivity contribution in [2.24, 2.45) is 46.6 Å². The van der Waals surface area contributed by atoms with Crippen LogP contribution in [0.5, 0.6) is 0 Å². The van der Waals surface area contributed by atoms with Crippen LogP contribution in [0, 0.1) is 23.7 Å². The number of aromatic nitrogens is 4. The molecule has 12 atom stereocenters. The minimum absolute atomic E-state index is 0. The summed E-state index contributed by atoms with van der Waals surface area (Å²) in [5.74, 6) is 4.11. The summed E-state index contributed by atoms with van der Waals surface area (Å²) in [5.41, 5.74) is 37.9. The molecular formula is C96H138N16O8. The zero-order chi connectivity index (χ0) is 84.3. The van der Waals surface area contributed by atoms with Gasteiger partial charge in [0.2, 0.25) is 23.6 Å². The number of amides is 4. The van der Waals surface area contributed by atoms with E-state index in [1.165, 1.54) is 88.1 Å². The number of hydrogen-bond acceptors (Lipinski definition) is 16. The van der Waals surface area contributed by atoms with Crippen molar-refractivity contribution in [1.82, 2.24) is 60.8 Å². The van der Waals surface area contributed by atoms with Crippen LogP contribution in [0.3, 0.4) is 0 Å². The highest BCUT2D eigenvalue weighted by Gasteiger charge is 2.45. The number of carbonyl (C=O) groups is 8. The summed E-state index contributed by atoms with van der Waals surface area (Å²) in [6.45, 7) is 20.6. The lowest BCUT2D eigenvalue weighted by Gasteiger charge is -2.47. The van der Waals surface area contributed by atoms with Gasteiger partial charge in [0.05, 0.1) is 26.2 Å². The van der Waals surface area contributed by atoms with Gasteiger partial charge in [-0.15, -0.1) is 0 Å². The maximum Gasteiger partial charge on any atom is 0.220 e. The number of aromatic amines is 4. The number of nitrogens with two attached hydrogens (primary N) is 4. The topological polar surface area (TPSA) is 365 Å². The molecule has 8 aromatic rings. The Hall–Kier alpha value is -8.72. The highest BCUT2D eigenvalue weighted by molar-refractivity contribution is 5.92. The lowest BCUT2D eigenvalue weighted by Crippen LogP contribution is -2.52. The van der Waals surface area contributed by atoms with E-state index in [9.17, 15) is 38.4 Å². The van der Waals surface area contributed by atoms with E-state index < -0.39 is 0 Å². The first-order valence-corrected chi connectivity index (χ1v) is 45.7. The molecule has 24 heteroatoms. The third-order valence-electron chi connectivity index (χ3n) is 27.4. The van der Waals surface area contributed by atoms with Crippen molar-refractivity contribution in [3.63, 3.8) is 0 Å². The summed E-state index contributed by atoms with van der Waals surface area (Å²) >= 11 is 0. The summed E-state index contributed by atoms with van der Waals surface area (Å²) in [7, 11) is 0. The van der Waals surface area contributed by atoms with Gasteiger partial charge < -0.3 is 64.1 Å². The van der Waals surface area contributed by atoms with Gasteiger partial charge >= 0.3 is 0 Å². The molecule has 0 radical (unpaired) electrons. The summed E-state index contributed by atoms with van der Waals surface area (Å²) in [6.07, 6.45) is 27.7. The van der Waals surface area contributed by atoms with E-state index >= 15 is 0 Å². The van der Waals surface area contributed by atoms with Crippen molar-refractivity contribution in [2.45, 2.75) is 230 Å². The Morgan fingerprint density at radius 2 is 0.550 bits per heavy atom. The minimum atomic E-state index is 0. The van der Waals surface area contributed by atoms with E-state index in [4.69, 9.17) is 22.9 Å². The molecule has 0 bridgehead atoms. The molecule has 4 aromatic carbocycles. The second-order valence-electron chi connectivity index (χ2n) is 35.8. The molecule has 16 rings (SSSR count). The molecule has 4 fully saturated rings. The smallest absolute Gasteiger partial charge is 0.220 e. The molecule has 0 spiro atoms. The van der Waals surface area contributed by atoms with Gasteiger partial charge in [-0.2, -0.15) is 0 Å². The van der Waals surface area contributed by atoms with Gasteiger partial charge in [0.25, 0.3) is 0 Å². The summed E-state index contributed by atoms with van der Waals surface area (Å²) < 4.78 is 0. The average molecular weight is 1640 g/mol. The third-order valence-corrected chi connectivity index (χ3v) is 27.4. The van der Waals surface area contributed by atoms with Crippen LogP contribution in [0.15, 0.2) is 97.6 Å². The van der Waals surface area contributed by atoms with Crippen molar-refractivity contribution in [3.05, 3.63) is 142 Å². The van der Waals surface area contributed by atoms with E-state index in [0.29, 0.717) is 175 Å². The Morgan fingerprint density at radius 1 is 0.333 bits per heavy atom. The molecule has 1 unspecified atom stereocenters. The van der Waals surface area contributed by atoms with Crippen molar-refractivity contribution in [1.29, 1.82) is 0 Å². The number of rotatable bonds is 36. The number of likely N-dealkylation sites (tertiary alicyclic amines) is 4. The van der Waals surface area contributed by atoms with Crippen LogP contribution < -0.4 is 44.2 Å². The lowest BCUT2D eigenvalue weighted by atomic mass is 9.72. The molecule has 4 aliphatic heterocycles. The van der Waals surface area contributed by atoms with Crippen molar-refractivity contribution in [3.8, 4) is 0 Å². The van der Waals surface area contributed by atoms with E-state index in [-0.39, 0.29) is 74.4 Å². The van der Waals surface area contributed by atoms with E-state index in [0.717, 1.165) is 129 Å². The van der Waals surface area contributed by atoms with E-state index in [1.54, 1.807) is 0 Å². The number of benzene rings is 4. The van der Waals surface area contributed by atoms with Crippen LogP contribution in [0.2, 0.25) is 0 Å². The van der Waals surface area contributed by atoms with Crippen LogP contribution in [-0.4, -0.2) is 215 Å². The molecular weight excluding hydrogens is 1510 g/mol. The van der Waals surface area contributed by atoms with Gasteiger partial charge in [0.15, 0.2) is 0 Å². The molecule has 4 aliphatic carbocycles. The number of ketones is 4. The molecule has 8 heterocycles. The number of H-pyrrole nitrogens is 4. The number of nitrogens with zero attached hydrogens (tertiary/aromatic N) is 4. The van der Waals surface area contributed by atoms with Gasteiger partial charge in [-0.05, 0) is 221 Å². The second kappa shape index (κ2) is 42.9. The quantitative estimate of drug-likeness (QED) is 0.0174. The predicted octanol–water partition coefficient (Wildman–Crippen LogP) is 11.1. The van der Waals surface area contributed by atoms with Crippen LogP contribution >= 0.6 is 0 Å². The Kier molecular flexibility index (Phi) is 31.8. The van der Waals surface area contributed by atoms with Gasteiger partial charge in [-0.3, -0.25) is 58.0 Å². The first kappa shape index (κ1) is 89.0. The summed E-state index contributed by atoms with van der Waals surface area (Å²) in [4.78, 5) is 119. The Morgan fingerprint density at radius 3 is 0.750 bits per heavy atom. The Bertz CT molecular complexity index is 4220. The molecule has 650 valence electrons. The van der Waals surface area contributed by atoms with Crippen LogP contribution in [0.1, 0.15) is 226 Å². The minimum Gasteiger partial charge on any atom is -0.361 e. The van der Waals surface area contributed by atoms with E-state index in [2.05, 4.69) is 186 Å². The number of fused-ring (bicyclic) bond motifs is 8.